The molecule has 0 fully saturated rings. The van der Waals surface area contributed by atoms with Crippen molar-refractivity contribution < 1.29 is 14.3 Å². The maximum atomic E-state index is 13.0. The Morgan fingerprint density at radius 1 is 1.14 bits per heavy atom. The van der Waals surface area contributed by atoms with Crippen LogP contribution < -0.4 is 22.1 Å². The second kappa shape index (κ2) is 8.85. The number of ether oxygens (including phenoxy) is 1. The lowest BCUT2D eigenvalue weighted by Crippen LogP contribution is -2.35. The summed E-state index contributed by atoms with van der Waals surface area (Å²) in [7, 11) is 3.25. The van der Waals surface area contributed by atoms with Crippen LogP contribution in [0.15, 0.2) is 35.1 Å². The summed E-state index contributed by atoms with van der Waals surface area (Å²) in [4.78, 5) is 37.1. The van der Waals surface area contributed by atoms with Gasteiger partial charge in [-0.3, -0.25) is 24.5 Å². The SMILES string of the molecule is COCc1c(NC(=O)CC(C)(C)CC(=O)NN)c(=O)n(-c2ccccc2)n1C. The normalized spacial score (nSPS) is 11.3. The molecular formula is C19H27N5O4. The third-order valence-corrected chi connectivity index (χ3v) is 4.37. The topological polar surface area (TPSA) is 120 Å². The first-order valence-corrected chi connectivity index (χ1v) is 8.84. The molecule has 9 heteroatoms. The molecule has 2 aromatic rings. The average molecular weight is 389 g/mol. The molecule has 1 heterocycles. The summed E-state index contributed by atoms with van der Waals surface area (Å²) in [6.07, 6.45) is 0.136. The maximum Gasteiger partial charge on any atom is 0.295 e. The van der Waals surface area contributed by atoms with E-state index in [4.69, 9.17) is 10.6 Å². The van der Waals surface area contributed by atoms with Gasteiger partial charge in [-0.2, -0.15) is 0 Å². The van der Waals surface area contributed by atoms with Gasteiger partial charge in [0.15, 0.2) is 0 Å². The molecule has 0 aliphatic rings. The first-order valence-electron chi connectivity index (χ1n) is 8.84. The van der Waals surface area contributed by atoms with Gasteiger partial charge in [-0.1, -0.05) is 32.0 Å². The number of nitrogens with one attached hydrogen (secondary N) is 2. The number of methoxy groups -OCH3 is 1. The smallest absolute Gasteiger partial charge is 0.295 e. The minimum atomic E-state index is -0.623. The minimum Gasteiger partial charge on any atom is -0.378 e. The zero-order valence-corrected chi connectivity index (χ0v) is 16.6. The number of nitrogens with two attached hydrogens (primary N) is 1. The lowest BCUT2D eigenvalue weighted by molar-refractivity contribution is -0.124. The van der Waals surface area contributed by atoms with Crippen LogP contribution in [0.4, 0.5) is 5.69 Å². The number of carbonyl (C=O) groups excluding carboxylic acids is 2. The van der Waals surface area contributed by atoms with Gasteiger partial charge in [0, 0.05) is 27.0 Å². The number of para-hydroxylation sites is 1. The summed E-state index contributed by atoms with van der Waals surface area (Å²) in [5.74, 6) is 4.40. The molecule has 0 aliphatic carbocycles. The Labute approximate surface area is 163 Å². The highest BCUT2D eigenvalue weighted by Crippen LogP contribution is 2.26. The van der Waals surface area contributed by atoms with Crippen molar-refractivity contribution >= 4 is 17.5 Å². The number of aromatic nitrogens is 2. The van der Waals surface area contributed by atoms with E-state index in [-0.39, 0.29) is 42.5 Å². The maximum absolute atomic E-state index is 13.0. The van der Waals surface area contributed by atoms with Gasteiger partial charge in [-0.05, 0) is 17.5 Å². The summed E-state index contributed by atoms with van der Waals surface area (Å²) in [6.45, 7) is 3.72. The fourth-order valence-corrected chi connectivity index (χ4v) is 3.10. The van der Waals surface area contributed by atoms with Crippen molar-refractivity contribution in [2.75, 3.05) is 12.4 Å². The summed E-state index contributed by atoms with van der Waals surface area (Å²) in [5, 5.41) is 2.71. The van der Waals surface area contributed by atoms with Crippen LogP contribution in [0.5, 0.6) is 0 Å². The monoisotopic (exact) mass is 389 g/mol. The average Bonchev–Trinajstić information content (AvgIpc) is 2.85. The number of nitrogens with zero attached hydrogens (tertiary/aromatic N) is 2. The minimum absolute atomic E-state index is 0.0481. The Kier molecular flexibility index (Phi) is 6.76. The number of hydrogen-bond acceptors (Lipinski definition) is 5. The highest BCUT2D eigenvalue weighted by atomic mass is 16.5. The van der Waals surface area contributed by atoms with E-state index in [0.717, 1.165) is 0 Å². The van der Waals surface area contributed by atoms with Gasteiger partial charge < -0.3 is 10.1 Å². The molecule has 2 rings (SSSR count). The van der Waals surface area contributed by atoms with Crippen LogP contribution in [0.2, 0.25) is 0 Å². The lowest BCUT2D eigenvalue weighted by atomic mass is 9.85. The molecular weight excluding hydrogens is 362 g/mol. The molecule has 0 aliphatic heterocycles. The fourth-order valence-electron chi connectivity index (χ4n) is 3.10. The number of hydrazine groups is 1. The Morgan fingerprint density at radius 2 is 1.75 bits per heavy atom. The van der Waals surface area contributed by atoms with Gasteiger partial charge in [0.2, 0.25) is 11.8 Å². The molecule has 0 atom stereocenters. The van der Waals surface area contributed by atoms with E-state index in [1.807, 2.05) is 18.2 Å². The van der Waals surface area contributed by atoms with Crippen LogP contribution in [-0.2, 0) is 28.0 Å². The zero-order valence-electron chi connectivity index (χ0n) is 16.6. The van der Waals surface area contributed by atoms with E-state index in [1.165, 1.54) is 11.8 Å². The highest BCUT2D eigenvalue weighted by molar-refractivity contribution is 5.92. The van der Waals surface area contributed by atoms with E-state index < -0.39 is 5.41 Å². The van der Waals surface area contributed by atoms with Crippen LogP contribution in [0.25, 0.3) is 5.69 Å². The molecule has 0 saturated heterocycles. The van der Waals surface area contributed by atoms with E-state index in [2.05, 4.69) is 10.7 Å². The van der Waals surface area contributed by atoms with E-state index in [0.29, 0.717) is 11.4 Å². The number of benzene rings is 1. The van der Waals surface area contributed by atoms with Crippen molar-refractivity contribution in [1.29, 1.82) is 0 Å². The fraction of sp³-hybridized carbons (Fsp3) is 0.421. The van der Waals surface area contributed by atoms with E-state index >= 15 is 0 Å². The van der Waals surface area contributed by atoms with Gasteiger partial charge in [0.25, 0.3) is 5.56 Å². The molecule has 0 bridgehead atoms. The van der Waals surface area contributed by atoms with Crippen molar-refractivity contribution in [3.8, 4) is 5.69 Å². The summed E-state index contributed by atoms with van der Waals surface area (Å²) < 4.78 is 8.34. The molecule has 0 unspecified atom stereocenters. The van der Waals surface area contributed by atoms with E-state index in [1.54, 1.807) is 37.7 Å². The molecule has 0 saturated carbocycles. The molecule has 9 nitrogen and oxygen atoms in total. The number of amides is 2. The third-order valence-electron chi connectivity index (χ3n) is 4.37. The predicted molar refractivity (Wildman–Crippen MR) is 106 cm³/mol. The largest absolute Gasteiger partial charge is 0.378 e. The standard InChI is InChI=1S/C19H27N5O4/c1-19(2,11-16(26)22-20)10-15(25)21-17-14(12-28-4)23(3)24(18(17)27)13-8-6-5-7-9-13/h5-9H,10-12,20H2,1-4H3,(H,21,25)(H,22,26). The Hall–Kier alpha value is -2.91. The van der Waals surface area contributed by atoms with Crippen molar-refractivity contribution in [2.45, 2.75) is 33.3 Å². The van der Waals surface area contributed by atoms with Crippen molar-refractivity contribution in [3.05, 3.63) is 46.4 Å². The van der Waals surface area contributed by atoms with Gasteiger partial charge in [-0.25, -0.2) is 10.5 Å². The highest BCUT2D eigenvalue weighted by Gasteiger charge is 2.27. The molecule has 0 radical (unpaired) electrons. The van der Waals surface area contributed by atoms with Crippen LogP contribution in [0.3, 0.4) is 0 Å². The van der Waals surface area contributed by atoms with Crippen LogP contribution >= 0.6 is 0 Å². The van der Waals surface area contributed by atoms with Gasteiger partial charge >= 0.3 is 0 Å². The van der Waals surface area contributed by atoms with Crippen molar-refractivity contribution in [2.24, 2.45) is 18.3 Å². The lowest BCUT2D eigenvalue weighted by Gasteiger charge is -2.22. The second-order valence-corrected chi connectivity index (χ2v) is 7.36. The van der Waals surface area contributed by atoms with Crippen LogP contribution in [-0.4, -0.2) is 28.3 Å². The molecule has 1 aromatic heterocycles. The van der Waals surface area contributed by atoms with Crippen LogP contribution in [0.1, 0.15) is 32.4 Å². The van der Waals surface area contributed by atoms with Gasteiger partial charge in [0.1, 0.15) is 5.69 Å². The van der Waals surface area contributed by atoms with Gasteiger partial charge in [-0.15, -0.1) is 0 Å². The molecule has 0 spiro atoms. The molecule has 28 heavy (non-hydrogen) atoms. The first kappa shape index (κ1) is 21.4. The molecule has 152 valence electrons. The molecule has 2 amide bonds. The summed E-state index contributed by atoms with van der Waals surface area (Å²) >= 11 is 0. The van der Waals surface area contributed by atoms with Gasteiger partial charge in [0.05, 0.1) is 18.0 Å². The van der Waals surface area contributed by atoms with Crippen molar-refractivity contribution in [3.63, 3.8) is 0 Å². The zero-order chi connectivity index (χ0) is 20.9. The number of hydrogen-bond donors (Lipinski definition) is 3. The Balaban J connectivity index is 2.33. The second-order valence-electron chi connectivity index (χ2n) is 7.36. The molecule has 4 N–H and O–H groups in total. The predicted octanol–water partition coefficient (Wildman–Crippen LogP) is 1.06. The summed E-state index contributed by atoms with van der Waals surface area (Å²) in [6, 6.07) is 9.12. The number of anilines is 1. The molecule has 1 aromatic carbocycles. The quantitative estimate of drug-likeness (QED) is 0.354. The third kappa shape index (κ3) is 4.87. The Bertz CT molecular complexity index is 899. The van der Waals surface area contributed by atoms with Crippen molar-refractivity contribution in [1.82, 2.24) is 14.8 Å². The Morgan fingerprint density at radius 3 is 2.32 bits per heavy atom. The van der Waals surface area contributed by atoms with Crippen LogP contribution in [0, 0.1) is 5.41 Å². The first-order chi connectivity index (χ1) is 13.2. The summed E-state index contributed by atoms with van der Waals surface area (Å²) in [5.41, 5.74) is 2.47. The number of rotatable bonds is 8. The van der Waals surface area contributed by atoms with E-state index in [9.17, 15) is 14.4 Å². The number of carbonyl (C=O) groups is 2.